The molecular formula is C14H22N4O3. The van der Waals surface area contributed by atoms with Crippen LogP contribution < -0.4 is 15.4 Å². The zero-order chi connectivity index (χ0) is 15.1. The van der Waals surface area contributed by atoms with Crippen molar-refractivity contribution in [3.63, 3.8) is 0 Å². The Morgan fingerprint density at radius 1 is 1.57 bits per heavy atom. The summed E-state index contributed by atoms with van der Waals surface area (Å²) >= 11 is 0. The zero-order valence-corrected chi connectivity index (χ0v) is 12.5. The first-order valence-electron chi connectivity index (χ1n) is 7.05. The van der Waals surface area contributed by atoms with E-state index in [2.05, 4.69) is 27.4 Å². The van der Waals surface area contributed by atoms with E-state index < -0.39 is 0 Å². The molecule has 0 radical (unpaired) electrons. The number of hydrogen-bond acceptors (Lipinski definition) is 5. The molecule has 1 aromatic rings. The smallest absolute Gasteiger partial charge is 0.319 e. The van der Waals surface area contributed by atoms with Gasteiger partial charge >= 0.3 is 6.03 Å². The molecule has 1 unspecified atom stereocenters. The van der Waals surface area contributed by atoms with Gasteiger partial charge in [-0.3, -0.25) is 9.88 Å². The molecule has 21 heavy (non-hydrogen) atoms. The average molecular weight is 294 g/mol. The summed E-state index contributed by atoms with van der Waals surface area (Å²) < 4.78 is 10.5. The number of carbonyl (C=O) groups is 1. The number of aromatic nitrogens is 1. The van der Waals surface area contributed by atoms with Crippen LogP contribution in [0.5, 0.6) is 5.75 Å². The van der Waals surface area contributed by atoms with Gasteiger partial charge in [-0.05, 0) is 6.92 Å². The molecule has 1 atom stereocenters. The number of methoxy groups -OCH3 is 1. The summed E-state index contributed by atoms with van der Waals surface area (Å²) in [6.07, 6.45) is 3.42. The fraction of sp³-hybridized carbons (Fsp3) is 0.571. The van der Waals surface area contributed by atoms with Gasteiger partial charge in [-0.25, -0.2) is 4.79 Å². The van der Waals surface area contributed by atoms with Crippen LogP contribution in [0.3, 0.4) is 0 Å². The molecule has 2 N–H and O–H groups in total. The van der Waals surface area contributed by atoms with Crippen LogP contribution in [0.1, 0.15) is 6.92 Å². The molecule has 1 aromatic heterocycles. The highest BCUT2D eigenvalue weighted by atomic mass is 16.5. The Bertz CT molecular complexity index is 469. The van der Waals surface area contributed by atoms with Crippen molar-refractivity contribution in [1.82, 2.24) is 15.2 Å². The maximum absolute atomic E-state index is 11.8. The van der Waals surface area contributed by atoms with E-state index in [1.165, 1.54) is 0 Å². The lowest BCUT2D eigenvalue weighted by Crippen LogP contribution is -2.45. The van der Waals surface area contributed by atoms with E-state index in [0.717, 1.165) is 26.2 Å². The van der Waals surface area contributed by atoms with Crippen molar-refractivity contribution in [2.24, 2.45) is 0 Å². The first kappa shape index (κ1) is 15.5. The van der Waals surface area contributed by atoms with Gasteiger partial charge in [0.05, 0.1) is 37.9 Å². The van der Waals surface area contributed by atoms with Crippen molar-refractivity contribution in [2.45, 2.75) is 13.0 Å². The molecule has 1 fully saturated rings. The topological polar surface area (TPSA) is 75.7 Å². The molecule has 1 aliphatic heterocycles. The van der Waals surface area contributed by atoms with Gasteiger partial charge < -0.3 is 20.1 Å². The Morgan fingerprint density at radius 3 is 3.19 bits per heavy atom. The Hall–Kier alpha value is -1.86. The summed E-state index contributed by atoms with van der Waals surface area (Å²) in [6, 6.07) is 1.47. The van der Waals surface area contributed by atoms with E-state index in [4.69, 9.17) is 9.47 Å². The van der Waals surface area contributed by atoms with Crippen LogP contribution in [0.4, 0.5) is 10.5 Å². The van der Waals surface area contributed by atoms with Gasteiger partial charge in [0, 0.05) is 32.2 Å². The molecule has 0 bridgehead atoms. The van der Waals surface area contributed by atoms with Crippen molar-refractivity contribution in [3.8, 4) is 5.75 Å². The molecule has 2 amide bonds. The quantitative estimate of drug-likeness (QED) is 0.845. The van der Waals surface area contributed by atoms with Gasteiger partial charge in [0.2, 0.25) is 0 Å². The third kappa shape index (κ3) is 5.20. The fourth-order valence-corrected chi connectivity index (χ4v) is 2.20. The number of rotatable bonds is 5. The third-order valence-corrected chi connectivity index (χ3v) is 3.25. The van der Waals surface area contributed by atoms with E-state index in [1.54, 1.807) is 25.6 Å². The van der Waals surface area contributed by atoms with E-state index in [-0.39, 0.29) is 12.1 Å². The highest BCUT2D eigenvalue weighted by Gasteiger charge is 2.16. The molecule has 7 nitrogen and oxygen atoms in total. The first-order chi connectivity index (χ1) is 10.2. The number of hydrogen-bond donors (Lipinski definition) is 2. The molecule has 2 rings (SSSR count). The van der Waals surface area contributed by atoms with Crippen molar-refractivity contribution < 1.29 is 14.3 Å². The SMILES string of the molecule is COc1cncc(NC(=O)NCCN2CCOC(C)C2)c1. The van der Waals surface area contributed by atoms with E-state index in [1.807, 2.05) is 0 Å². The molecule has 0 saturated carbocycles. The van der Waals surface area contributed by atoms with Gasteiger partial charge in [0.25, 0.3) is 0 Å². The van der Waals surface area contributed by atoms with Gasteiger partial charge in [-0.15, -0.1) is 0 Å². The number of urea groups is 1. The maximum atomic E-state index is 11.8. The van der Waals surface area contributed by atoms with Gasteiger partial charge in [0.1, 0.15) is 5.75 Å². The number of amides is 2. The number of morpholine rings is 1. The largest absolute Gasteiger partial charge is 0.495 e. The van der Waals surface area contributed by atoms with Crippen LogP contribution in [0.2, 0.25) is 0 Å². The van der Waals surface area contributed by atoms with Crippen LogP contribution in [-0.4, -0.2) is 61.9 Å². The number of pyridine rings is 1. The minimum absolute atomic E-state index is 0.244. The Morgan fingerprint density at radius 2 is 2.43 bits per heavy atom. The molecule has 2 heterocycles. The second kappa shape index (κ2) is 7.80. The lowest BCUT2D eigenvalue weighted by atomic mass is 10.3. The van der Waals surface area contributed by atoms with Gasteiger partial charge in [-0.1, -0.05) is 0 Å². The summed E-state index contributed by atoms with van der Waals surface area (Å²) in [5.74, 6) is 0.607. The highest BCUT2D eigenvalue weighted by molar-refractivity contribution is 5.89. The molecular weight excluding hydrogens is 272 g/mol. The predicted octanol–water partition coefficient (Wildman–Crippen LogP) is 0.932. The van der Waals surface area contributed by atoms with E-state index in [9.17, 15) is 4.79 Å². The van der Waals surface area contributed by atoms with Crippen LogP contribution >= 0.6 is 0 Å². The summed E-state index contributed by atoms with van der Waals surface area (Å²) in [4.78, 5) is 18.0. The minimum atomic E-state index is -0.244. The monoisotopic (exact) mass is 294 g/mol. The second-order valence-corrected chi connectivity index (χ2v) is 4.98. The molecule has 116 valence electrons. The zero-order valence-electron chi connectivity index (χ0n) is 12.5. The number of carbonyl (C=O) groups excluding carboxylic acids is 1. The Kier molecular flexibility index (Phi) is 5.77. The molecule has 7 heteroatoms. The maximum Gasteiger partial charge on any atom is 0.319 e. The van der Waals surface area contributed by atoms with E-state index in [0.29, 0.717) is 18.0 Å². The summed E-state index contributed by atoms with van der Waals surface area (Å²) in [5, 5.41) is 5.56. The van der Waals surface area contributed by atoms with Crippen molar-refractivity contribution >= 4 is 11.7 Å². The molecule has 1 aliphatic rings. The van der Waals surface area contributed by atoms with E-state index >= 15 is 0 Å². The number of nitrogens with one attached hydrogen (secondary N) is 2. The summed E-state index contributed by atoms with van der Waals surface area (Å²) in [5.41, 5.74) is 0.604. The van der Waals surface area contributed by atoms with Crippen molar-refractivity contribution in [2.75, 3.05) is 45.2 Å². The van der Waals surface area contributed by atoms with Crippen molar-refractivity contribution in [1.29, 1.82) is 0 Å². The highest BCUT2D eigenvalue weighted by Crippen LogP contribution is 2.14. The number of anilines is 1. The average Bonchev–Trinajstić information content (AvgIpc) is 2.47. The molecule has 0 spiro atoms. The summed E-state index contributed by atoms with van der Waals surface area (Å²) in [6.45, 7) is 6.04. The molecule has 0 aromatic carbocycles. The Balaban J connectivity index is 1.69. The standard InChI is InChI=1S/C14H22N4O3/c1-11-10-18(5-6-21-11)4-3-16-14(19)17-12-7-13(20-2)9-15-8-12/h7-9,11H,3-6,10H2,1-2H3,(H2,16,17,19). The normalized spacial score (nSPS) is 19.0. The van der Waals surface area contributed by atoms with Crippen LogP contribution in [0.15, 0.2) is 18.5 Å². The lowest BCUT2D eigenvalue weighted by Gasteiger charge is -2.30. The molecule has 0 aliphatic carbocycles. The lowest BCUT2D eigenvalue weighted by molar-refractivity contribution is -0.0174. The number of nitrogens with zero attached hydrogens (tertiary/aromatic N) is 2. The Labute approximate surface area is 124 Å². The summed E-state index contributed by atoms with van der Waals surface area (Å²) in [7, 11) is 1.56. The molecule has 1 saturated heterocycles. The predicted molar refractivity (Wildman–Crippen MR) is 79.7 cm³/mol. The van der Waals surface area contributed by atoms with Gasteiger partial charge in [0.15, 0.2) is 0 Å². The van der Waals surface area contributed by atoms with Crippen molar-refractivity contribution in [3.05, 3.63) is 18.5 Å². The third-order valence-electron chi connectivity index (χ3n) is 3.25. The number of ether oxygens (including phenoxy) is 2. The second-order valence-electron chi connectivity index (χ2n) is 4.98. The van der Waals surface area contributed by atoms with Gasteiger partial charge in [-0.2, -0.15) is 0 Å². The van der Waals surface area contributed by atoms with Crippen LogP contribution in [-0.2, 0) is 4.74 Å². The first-order valence-corrected chi connectivity index (χ1v) is 7.05. The minimum Gasteiger partial charge on any atom is -0.495 e. The van der Waals surface area contributed by atoms with Crippen LogP contribution in [0, 0.1) is 0 Å². The van der Waals surface area contributed by atoms with Crippen LogP contribution in [0.25, 0.3) is 0 Å². The fourth-order valence-electron chi connectivity index (χ4n) is 2.20.